The second kappa shape index (κ2) is 8.81. The van der Waals surface area contributed by atoms with Gasteiger partial charge in [-0.3, -0.25) is 14.5 Å². The van der Waals surface area contributed by atoms with Gasteiger partial charge in [0.25, 0.3) is 5.56 Å². The smallest absolute Gasteiger partial charge is 0.351 e. The molecule has 2 atom stereocenters. The Labute approximate surface area is 201 Å². The molecule has 2 aliphatic heterocycles. The number of aromatic amines is 1. The monoisotopic (exact) mass is 473 g/mol. The van der Waals surface area contributed by atoms with Crippen molar-refractivity contribution in [1.29, 1.82) is 0 Å². The van der Waals surface area contributed by atoms with Crippen LogP contribution >= 0.6 is 0 Å². The molecule has 0 amide bonds. The molecule has 0 unspecified atom stereocenters. The summed E-state index contributed by atoms with van der Waals surface area (Å²) in [7, 11) is 1.71. The third kappa shape index (κ3) is 3.76. The number of hydrogen-bond donors (Lipinski definition) is 1. The lowest BCUT2D eigenvalue weighted by atomic mass is 9.86. The Bertz CT molecular complexity index is 1510. The highest BCUT2D eigenvalue weighted by molar-refractivity contribution is 6.03. The largest absolute Gasteiger partial charge is 0.496 e. The summed E-state index contributed by atoms with van der Waals surface area (Å²) in [6.07, 6.45) is 4.94. The van der Waals surface area contributed by atoms with Gasteiger partial charge in [0.2, 0.25) is 0 Å². The number of unbranched alkanes of at least 4 members (excludes halogenated alkanes) is 1. The fraction of sp³-hybridized carbons (Fsp3) is 0.385. The van der Waals surface area contributed by atoms with E-state index in [4.69, 9.17) is 9.47 Å². The second-order valence-electron chi connectivity index (χ2n) is 9.36. The number of aromatic nitrogens is 4. The van der Waals surface area contributed by atoms with Crippen molar-refractivity contribution in [1.82, 2.24) is 24.6 Å². The number of ether oxygens (including phenoxy) is 2. The van der Waals surface area contributed by atoms with Gasteiger partial charge in [-0.25, -0.2) is 4.79 Å². The van der Waals surface area contributed by atoms with Crippen LogP contribution in [0, 0.1) is 5.92 Å². The van der Waals surface area contributed by atoms with Crippen LogP contribution in [0.25, 0.3) is 21.7 Å². The molecule has 1 fully saturated rings. The van der Waals surface area contributed by atoms with Crippen molar-refractivity contribution in [3.63, 3.8) is 0 Å². The number of hydrogen-bond acceptors (Lipinski definition) is 7. The van der Waals surface area contributed by atoms with Crippen molar-refractivity contribution in [2.45, 2.75) is 25.3 Å². The average molecular weight is 474 g/mol. The Morgan fingerprint density at radius 3 is 2.89 bits per heavy atom. The number of methoxy groups -OCH3 is 1. The van der Waals surface area contributed by atoms with E-state index in [1.54, 1.807) is 25.6 Å². The van der Waals surface area contributed by atoms with Crippen LogP contribution in [0.4, 0.5) is 0 Å². The fourth-order valence-electron chi connectivity index (χ4n) is 5.61. The summed E-state index contributed by atoms with van der Waals surface area (Å²) >= 11 is 0. The Kier molecular flexibility index (Phi) is 5.49. The Balaban J connectivity index is 1.13. The number of rotatable bonds is 6. The molecular weight excluding hydrogens is 446 g/mol. The summed E-state index contributed by atoms with van der Waals surface area (Å²) < 4.78 is 12.9. The number of benzene rings is 2. The normalized spacial score (nSPS) is 19.5. The molecule has 35 heavy (non-hydrogen) atoms. The van der Waals surface area contributed by atoms with Crippen LogP contribution in [0.2, 0.25) is 0 Å². The molecule has 2 aromatic carbocycles. The van der Waals surface area contributed by atoms with Crippen molar-refractivity contribution in [2.24, 2.45) is 5.92 Å². The van der Waals surface area contributed by atoms with E-state index in [2.05, 4.69) is 20.1 Å². The van der Waals surface area contributed by atoms with Gasteiger partial charge in [-0.15, -0.1) is 0 Å². The molecule has 0 aliphatic carbocycles. The van der Waals surface area contributed by atoms with Crippen LogP contribution < -0.4 is 20.7 Å². The molecule has 0 spiro atoms. The summed E-state index contributed by atoms with van der Waals surface area (Å²) in [5.74, 6) is 2.67. The number of nitrogens with zero attached hydrogens (tertiary/aromatic N) is 4. The Hall–Kier alpha value is -3.72. The van der Waals surface area contributed by atoms with Crippen molar-refractivity contribution >= 4 is 21.7 Å². The maximum absolute atomic E-state index is 13.1. The van der Waals surface area contributed by atoms with Crippen LogP contribution in [-0.4, -0.2) is 58.0 Å². The quantitative estimate of drug-likeness (QED) is 0.339. The van der Waals surface area contributed by atoms with Crippen LogP contribution in [0.15, 0.2) is 52.3 Å². The standard InChI is InChI=1S/C26H27N5O4/c1-34-21-5-4-6-22-23(21)20-14-30(13-17(20)15-35-22)9-2-3-10-31-25(32)18-8-7-16-11-27-28-12-19(16)24(18)29-26(31)33/h4-8,11-12,17,20,28H,2-3,9-10,13-15H2,1H3/t17-,20+/m0/s1. The van der Waals surface area contributed by atoms with E-state index >= 15 is 0 Å². The maximum atomic E-state index is 13.1. The van der Waals surface area contributed by atoms with Crippen LogP contribution in [0.5, 0.6) is 11.5 Å². The summed E-state index contributed by atoms with van der Waals surface area (Å²) in [6.45, 7) is 3.94. The average Bonchev–Trinajstić information content (AvgIpc) is 3.31. The third-order valence-corrected chi connectivity index (χ3v) is 7.34. The number of likely N-dealkylation sites (tertiary alicyclic amines) is 1. The van der Waals surface area contributed by atoms with E-state index in [1.807, 2.05) is 24.3 Å². The molecule has 6 rings (SSSR count). The Morgan fingerprint density at radius 2 is 2.00 bits per heavy atom. The van der Waals surface area contributed by atoms with Gasteiger partial charge in [0.1, 0.15) is 11.5 Å². The number of fused-ring (bicyclic) bond motifs is 6. The summed E-state index contributed by atoms with van der Waals surface area (Å²) in [4.78, 5) is 32.4. The highest BCUT2D eigenvalue weighted by Gasteiger charge is 2.40. The zero-order chi connectivity index (χ0) is 23.9. The summed E-state index contributed by atoms with van der Waals surface area (Å²) in [5, 5.41) is 8.74. The van der Waals surface area contributed by atoms with Gasteiger partial charge < -0.3 is 14.4 Å². The van der Waals surface area contributed by atoms with E-state index in [9.17, 15) is 9.59 Å². The van der Waals surface area contributed by atoms with Crippen molar-refractivity contribution in [3.8, 4) is 11.5 Å². The van der Waals surface area contributed by atoms with E-state index in [0.717, 1.165) is 61.4 Å². The Morgan fingerprint density at radius 1 is 1.11 bits per heavy atom. The molecule has 1 saturated heterocycles. The molecule has 4 aromatic rings. The zero-order valence-corrected chi connectivity index (χ0v) is 19.6. The van der Waals surface area contributed by atoms with Gasteiger partial charge >= 0.3 is 5.69 Å². The van der Waals surface area contributed by atoms with E-state index in [1.165, 1.54) is 10.1 Å². The molecule has 4 heterocycles. The first-order valence-electron chi connectivity index (χ1n) is 12.0. The van der Waals surface area contributed by atoms with Crippen LogP contribution in [-0.2, 0) is 6.54 Å². The zero-order valence-electron chi connectivity index (χ0n) is 19.6. The molecule has 2 aliphatic rings. The molecule has 0 saturated carbocycles. The first kappa shape index (κ1) is 21.8. The molecule has 0 bridgehead atoms. The summed E-state index contributed by atoms with van der Waals surface area (Å²) in [6, 6.07) is 9.55. The van der Waals surface area contributed by atoms with Gasteiger partial charge in [0, 0.05) is 54.0 Å². The molecule has 180 valence electrons. The molecule has 9 nitrogen and oxygen atoms in total. The SMILES string of the molecule is COc1cccc2c1[C@@H]1CN(CCCCn3c(=O)nc4c(ccc5cn[nH]cc54)c3=O)C[C@H]1CO2. The fourth-order valence-corrected chi connectivity index (χ4v) is 5.61. The van der Waals surface area contributed by atoms with Gasteiger partial charge in [-0.1, -0.05) is 12.1 Å². The van der Waals surface area contributed by atoms with Crippen LogP contribution in [0.3, 0.4) is 0 Å². The second-order valence-corrected chi connectivity index (χ2v) is 9.36. The first-order valence-corrected chi connectivity index (χ1v) is 12.0. The number of H-pyrrole nitrogens is 1. The van der Waals surface area contributed by atoms with Crippen LogP contribution in [0.1, 0.15) is 24.3 Å². The van der Waals surface area contributed by atoms with Crippen molar-refractivity contribution in [3.05, 3.63) is 69.1 Å². The van der Waals surface area contributed by atoms with Gasteiger partial charge in [-0.2, -0.15) is 10.1 Å². The molecule has 1 N–H and O–H groups in total. The lowest BCUT2D eigenvalue weighted by molar-refractivity contribution is 0.209. The molecule has 0 radical (unpaired) electrons. The molecule has 2 aromatic heterocycles. The highest BCUT2D eigenvalue weighted by atomic mass is 16.5. The lowest BCUT2D eigenvalue weighted by Crippen LogP contribution is -2.35. The van der Waals surface area contributed by atoms with E-state index in [0.29, 0.717) is 29.3 Å². The predicted molar refractivity (Wildman–Crippen MR) is 132 cm³/mol. The minimum atomic E-state index is -0.500. The minimum Gasteiger partial charge on any atom is -0.496 e. The lowest BCUT2D eigenvalue weighted by Gasteiger charge is -2.29. The minimum absolute atomic E-state index is 0.285. The maximum Gasteiger partial charge on any atom is 0.351 e. The van der Waals surface area contributed by atoms with Crippen molar-refractivity contribution in [2.75, 3.05) is 33.4 Å². The van der Waals surface area contributed by atoms with E-state index < -0.39 is 5.69 Å². The third-order valence-electron chi connectivity index (χ3n) is 7.34. The van der Waals surface area contributed by atoms with Gasteiger partial charge in [0.05, 0.1) is 30.8 Å². The number of nitrogens with one attached hydrogen (secondary N) is 1. The first-order chi connectivity index (χ1) is 17.1. The predicted octanol–water partition coefficient (Wildman–Crippen LogP) is 2.53. The molecular formula is C26H27N5O4. The highest BCUT2D eigenvalue weighted by Crippen LogP contribution is 2.46. The summed E-state index contributed by atoms with van der Waals surface area (Å²) in [5.41, 5.74) is 0.816. The van der Waals surface area contributed by atoms with Gasteiger partial charge in [-0.05, 0) is 37.6 Å². The topological polar surface area (TPSA) is 102 Å². The van der Waals surface area contributed by atoms with Gasteiger partial charge in [0.15, 0.2) is 0 Å². The molecule has 9 heteroatoms. The van der Waals surface area contributed by atoms with E-state index in [-0.39, 0.29) is 5.56 Å². The van der Waals surface area contributed by atoms with Crippen molar-refractivity contribution < 1.29 is 9.47 Å².